The van der Waals surface area contributed by atoms with Crippen LogP contribution in [0.25, 0.3) is 0 Å². The number of carbonyl (C=O) groups excluding carboxylic acids is 1. The maximum absolute atomic E-state index is 12.4. The van der Waals surface area contributed by atoms with Crippen LogP contribution in [-0.2, 0) is 21.3 Å². The van der Waals surface area contributed by atoms with Gasteiger partial charge in [-0.1, -0.05) is 12.8 Å². The third-order valence-corrected chi connectivity index (χ3v) is 6.46. The molecule has 1 heterocycles. The molecule has 1 fully saturated rings. The average molecular weight is 343 g/mol. The highest BCUT2D eigenvalue weighted by Crippen LogP contribution is 2.35. The van der Waals surface area contributed by atoms with E-state index in [1.54, 1.807) is 18.3 Å². The SMILES string of the molecule is C[C@H](C(=O)NC(C)(C)C)[S@@](=O)Cc1csc(C2CCCC2)n1. The minimum atomic E-state index is -1.24. The van der Waals surface area contributed by atoms with E-state index in [-0.39, 0.29) is 11.4 Å². The van der Waals surface area contributed by atoms with Gasteiger partial charge in [0.2, 0.25) is 5.91 Å². The van der Waals surface area contributed by atoms with E-state index in [0.29, 0.717) is 11.7 Å². The van der Waals surface area contributed by atoms with Crippen molar-refractivity contribution in [2.75, 3.05) is 0 Å². The lowest BCUT2D eigenvalue weighted by molar-refractivity contribution is -0.121. The first-order chi connectivity index (χ1) is 10.3. The van der Waals surface area contributed by atoms with E-state index in [9.17, 15) is 9.00 Å². The third-order valence-electron chi connectivity index (χ3n) is 3.83. The van der Waals surface area contributed by atoms with E-state index >= 15 is 0 Å². The highest BCUT2D eigenvalue weighted by Gasteiger charge is 2.25. The number of carbonyl (C=O) groups is 1. The van der Waals surface area contributed by atoms with Crippen molar-refractivity contribution in [3.05, 3.63) is 16.1 Å². The van der Waals surface area contributed by atoms with Crippen LogP contribution in [0.15, 0.2) is 5.38 Å². The Morgan fingerprint density at radius 2 is 2.09 bits per heavy atom. The van der Waals surface area contributed by atoms with E-state index < -0.39 is 16.0 Å². The number of nitrogens with one attached hydrogen (secondary N) is 1. The highest BCUT2D eigenvalue weighted by atomic mass is 32.2. The van der Waals surface area contributed by atoms with Crippen molar-refractivity contribution in [1.29, 1.82) is 0 Å². The Morgan fingerprint density at radius 3 is 2.68 bits per heavy atom. The summed E-state index contributed by atoms with van der Waals surface area (Å²) >= 11 is 1.67. The van der Waals surface area contributed by atoms with Crippen molar-refractivity contribution in [3.8, 4) is 0 Å². The van der Waals surface area contributed by atoms with Crippen LogP contribution in [-0.4, -0.2) is 25.9 Å². The normalized spacial score (nSPS) is 19.1. The van der Waals surface area contributed by atoms with Crippen LogP contribution < -0.4 is 5.32 Å². The second-order valence-corrected chi connectivity index (χ2v) is 9.71. The highest BCUT2D eigenvalue weighted by molar-refractivity contribution is 7.85. The number of hydrogen-bond acceptors (Lipinski definition) is 4. The van der Waals surface area contributed by atoms with Crippen LogP contribution >= 0.6 is 11.3 Å². The Labute approximate surface area is 139 Å². The van der Waals surface area contributed by atoms with Crippen molar-refractivity contribution < 1.29 is 9.00 Å². The van der Waals surface area contributed by atoms with Gasteiger partial charge in [-0.2, -0.15) is 0 Å². The molecule has 0 aliphatic heterocycles. The fourth-order valence-corrected chi connectivity index (χ4v) is 4.69. The average Bonchev–Trinajstić information content (AvgIpc) is 3.05. The quantitative estimate of drug-likeness (QED) is 0.892. The summed E-state index contributed by atoms with van der Waals surface area (Å²) in [6.07, 6.45) is 5.02. The standard InChI is InChI=1S/C16H26N2O2S2/c1-11(14(19)18-16(2,3)4)22(20)10-13-9-21-15(17-13)12-7-5-6-8-12/h9,11-12H,5-8,10H2,1-4H3,(H,18,19)/t11-,22+/m1/s1. The summed E-state index contributed by atoms with van der Waals surface area (Å²) in [5.74, 6) is 0.799. The van der Waals surface area contributed by atoms with Gasteiger partial charge >= 0.3 is 0 Å². The van der Waals surface area contributed by atoms with Crippen molar-refractivity contribution in [2.45, 2.75) is 75.8 Å². The van der Waals surface area contributed by atoms with Crippen LogP contribution in [0.4, 0.5) is 0 Å². The zero-order valence-corrected chi connectivity index (χ0v) is 15.5. The number of rotatable bonds is 5. The molecule has 124 valence electrons. The second kappa shape index (κ2) is 7.21. The van der Waals surface area contributed by atoms with Crippen LogP contribution in [0, 0.1) is 0 Å². The Hall–Kier alpha value is -0.750. The van der Waals surface area contributed by atoms with E-state index in [0.717, 1.165) is 5.69 Å². The van der Waals surface area contributed by atoms with E-state index in [1.807, 2.05) is 26.2 Å². The molecule has 4 nitrogen and oxygen atoms in total. The third kappa shape index (κ3) is 4.88. The molecule has 1 amide bonds. The fraction of sp³-hybridized carbons (Fsp3) is 0.750. The maximum Gasteiger partial charge on any atom is 0.235 e. The topological polar surface area (TPSA) is 59.1 Å². The summed E-state index contributed by atoms with van der Waals surface area (Å²) in [4.78, 5) is 16.7. The van der Waals surface area contributed by atoms with Crippen molar-refractivity contribution in [1.82, 2.24) is 10.3 Å². The Morgan fingerprint density at radius 1 is 1.45 bits per heavy atom. The molecule has 0 unspecified atom stereocenters. The number of hydrogen-bond donors (Lipinski definition) is 1. The predicted octanol–water partition coefficient (Wildman–Crippen LogP) is 3.35. The maximum atomic E-state index is 12.4. The van der Waals surface area contributed by atoms with Crippen LogP contribution in [0.2, 0.25) is 0 Å². The molecule has 0 spiro atoms. The van der Waals surface area contributed by atoms with E-state index in [4.69, 9.17) is 0 Å². The van der Waals surface area contributed by atoms with Gasteiger partial charge in [0, 0.05) is 27.6 Å². The van der Waals surface area contributed by atoms with Gasteiger partial charge in [-0.05, 0) is 40.5 Å². The lowest BCUT2D eigenvalue weighted by atomic mass is 10.1. The number of amides is 1. The second-order valence-electron chi connectivity index (χ2n) is 7.07. The molecule has 0 saturated heterocycles. The molecular weight excluding hydrogens is 316 g/mol. The largest absolute Gasteiger partial charge is 0.350 e. The number of aromatic nitrogens is 1. The molecule has 2 atom stereocenters. The van der Waals surface area contributed by atoms with Gasteiger partial charge in [0.1, 0.15) is 5.25 Å². The van der Waals surface area contributed by atoms with Gasteiger partial charge in [0.25, 0.3) is 0 Å². The lowest BCUT2D eigenvalue weighted by Gasteiger charge is -2.22. The zero-order valence-electron chi connectivity index (χ0n) is 13.8. The van der Waals surface area contributed by atoms with Gasteiger partial charge in [-0.3, -0.25) is 9.00 Å². The Balaban J connectivity index is 1.92. The molecule has 6 heteroatoms. The number of thiazole rings is 1. The summed E-state index contributed by atoms with van der Waals surface area (Å²) in [5, 5.41) is 5.55. The van der Waals surface area contributed by atoms with Gasteiger partial charge in [-0.25, -0.2) is 4.98 Å². The zero-order chi connectivity index (χ0) is 16.3. The molecule has 1 aromatic rings. The summed E-state index contributed by atoms with van der Waals surface area (Å²) in [6.45, 7) is 7.50. The molecule has 0 aromatic carbocycles. The number of nitrogens with zero attached hydrogens (tertiary/aromatic N) is 1. The predicted molar refractivity (Wildman–Crippen MR) is 92.5 cm³/mol. The summed E-state index contributed by atoms with van der Waals surface area (Å²) in [7, 11) is -1.24. The molecule has 22 heavy (non-hydrogen) atoms. The van der Waals surface area contributed by atoms with Crippen LogP contribution in [0.5, 0.6) is 0 Å². The Bertz CT molecular complexity index is 543. The molecular formula is C16H26N2O2S2. The molecule has 1 aromatic heterocycles. The lowest BCUT2D eigenvalue weighted by Crippen LogP contribution is -2.46. The Kier molecular flexibility index (Phi) is 5.77. The summed E-state index contributed by atoms with van der Waals surface area (Å²) < 4.78 is 12.4. The van der Waals surface area contributed by atoms with Crippen LogP contribution in [0.3, 0.4) is 0 Å². The van der Waals surface area contributed by atoms with Crippen molar-refractivity contribution in [3.63, 3.8) is 0 Å². The van der Waals surface area contributed by atoms with E-state index in [1.165, 1.54) is 30.7 Å². The van der Waals surface area contributed by atoms with Gasteiger partial charge in [0.05, 0.1) is 16.5 Å². The van der Waals surface area contributed by atoms with Crippen molar-refractivity contribution in [2.24, 2.45) is 0 Å². The van der Waals surface area contributed by atoms with Gasteiger partial charge in [-0.15, -0.1) is 11.3 Å². The monoisotopic (exact) mass is 342 g/mol. The minimum absolute atomic E-state index is 0.155. The molecule has 0 radical (unpaired) electrons. The fourth-order valence-electron chi connectivity index (χ4n) is 2.61. The molecule has 1 aliphatic carbocycles. The first kappa shape index (κ1) is 17.6. The minimum Gasteiger partial charge on any atom is -0.350 e. The first-order valence-electron chi connectivity index (χ1n) is 7.90. The summed E-state index contributed by atoms with van der Waals surface area (Å²) in [5.41, 5.74) is 0.562. The van der Waals surface area contributed by atoms with E-state index in [2.05, 4.69) is 10.3 Å². The smallest absolute Gasteiger partial charge is 0.235 e. The van der Waals surface area contributed by atoms with Gasteiger partial charge < -0.3 is 5.32 Å². The van der Waals surface area contributed by atoms with Crippen LogP contribution in [0.1, 0.15) is 70.0 Å². The molecule has 0 bridgehead atoms. The van der Waals surface area contributed by atoms with Gasteiger partial charge in [0.15, 0.2) is 0 Å². The molecule has 1 saturated carbocycles. The summed E-state index contributed by atoms with van der Waals surface area (Å²) in [6, 6.07) is 0. The first-order valence-corrected chi connectivity index (χ1v) is 10.2. The molecule has 1 N–H and O–H groups in total. The molecule has 1 aliphatic rings. The molecule has 2 rings (SSSR count). The van der Waals surface area contributed by atoms with Crippen molar-refractivity contribution >= 4 is 28.0 Å².